The van der Waals surface area contributed by atoms with Crippen molar-refractivity contribution in [3.8, 4) is 0 Å². The van der Waals surface area contributed by atoms with Crippen LogP contribution in [0.15, 0.2) is 22.7 Å². The van der Waals surface area contributed by atoms with Crippen LogP contribution >= 0.6 is 15.9 Å². The summed E-state index contributed by atoms with van der Waals surface area (Å²) in [5.74, 6) is -0.548. The highest BCUT2D eigenvalue weighted by Gasteiger charge is 2.17. The fraction of sp³-hybridized carbons (Fsp3) is 0.417. The first-order chi connectivity index (χ1) is 7.91. The van der Waals surface area contributed by atoms with E-state index in [9.17, 15) is 9.18 Å². The van der Waals surface area contributed by atoms with Crippen LogP contribution in [0.3, 0.4) is 0 Å². The Morgan fingerprint density at radius 1 is 1.53 bits per heavy atom. The maximum atomic E-state index is 13.4. The van der Waals surface area contributed by atoms with Crippen LogP contribution in [0.1, 0.15) is 19.4 Å². The highest BCUT2D eigenvalue weighted by Crippen LogP contribution is 2.15. The molecular weight excluding hydrogens is 287 g/mol. The van der Waals surface area contributed by atoms with Gasteiger partial charge in [-0.05, 0) is 24.1 Å². The average Bonchev–Trinajstić information content (AvgIpc) is 2.28. The fourth-order valence-electron chi connectivity index (χ4n) is 1.28. The topological polar surface area (TPSA) is 55.1 Å². The van der Waals surface area contributed by atoms with E-state index in [2.05, 4.69) is 21.2 Å². The van der Waals surface area contributed by atoms with Gasteiger partial charge in [-0.3, -0.25) is 4.79 Å². The number of nitrogens with one attached hydrogen (secondary N) is 1. The second kappa shape index (κ2) is 6.12. The highest BCUT2D eigenvalue weighted by molar-refractivity contribution is 9.10. The van der Waals surface area contributed by atoms with E-state index in [1.807, 2.05) is 13.8 Å². The molecule has 0 saturated heterocycles. The third-order valence-electron chi connectivity index (χ3n) is 2.48. The summed E-state index contributed by atoms with van der Waals surface area (Å²) in [5.41, 5.74) is 6.11. The Balaban J connectivity index is 2.61. The van der Waals surface area contributed by atoms with Crippen LogP contribution in [0.4, 0.5) is 4.39 Å². The summed E-state index contributed by atoms with van der Waals surface area (Å²) >= 11 is 3.25. The van der Waals surface area contributed by atoms with Crippen LogP contribution in [-0.2, 0) is 11.3 Å². The van der Waals surface area contributed by atoms with Crippen LogP contribution in [0.5, 0.6) is 0 Å². The Bertz CT molecular complexity index is 409. The van der Waals surface area contributed by atoms with Gasteiger partial charge in [0.1, 0.15) is 5.82 Å². The molecule has 0 radical (unpaired) electrons. The largest absolute Gasteiger partial charge is 0.351 e. The van der Waals surface area contributed by atoms with Gasteiger partial charge in [0, 0.05) is 16.6 Å². The van der Waals surface area contributed by atoms with Crippen LogP contribution in [0.2, 0.25) is 0 Å². The van der Waals surface area contributed by atoms with Crippen LogP contribution in [0.25, 0.3) is 0 Å². The number of hydrogen-bond acceptors (Lipinski definition) is 2. The minimum atomic E-state index is -0.565. The van der Waals surface area contributed by atoms with Crippen molar-refractivity contribution in [3.63, 3.8) is 0 Å². The number of nitrogens with two attached hydrogens (primary N) is 1. The van der Waals surface area contributed by atoms with Gasteiger partial charge in [0.2, 0.25) is 5.91 Å². The van der Waals surface area contributed by atoms with Gasteiger partial charge in [-0.25, -0.2) is 4.39 Å². The predicted molar refractivity (Wildman–Crippen MR) is 68.8 cm³/mol. The molecule has 17 heavy (non-hydrogen) atoms. The Labute approximate surface area is 109 Å². The number of benzene rings is 1. The van der Waals surface area contributed by atoms with Crippen molar-refractivity contribution in [2.75, 3.05) is 0 Å². The summed E-state index contributed by atoms with van der Waals surface area (Å²) in [6.45, 7) is 3.87. The molecule has 0 aromatic heterocycles. The molecule has 0 saturated carbocycles. The van der Waals surface area contributed by atoms with Crippen LogP contribution in [-0.4, -0.2) is 11.9 Å². The second-order valence-corrected chi connectivity index (χ2v) is 5.14. The van der Waals surface area contributed by atoms with Crippen molar-refractivity contribution in [3.05, 3.63) is 34.1 Å². The second-order valence-electron chi connectivity index (χ2n) is 4.22. The Kier molecular flexibility index (Phi) is 5.08. The molecule has 0 aliphatic heterocycles. The maximum absolute atomic E-state index is 13.4. The van der Waals surface area contributed by atoms with Crippen molar-refractivity contribution in [1.29, 1.82) is 0 Å². The van der Waals surface area contributed by atoms with Gasteiger partial charge in [-0.15, -0.1) is 0 Å². The van der Waals surface area contributed by atoms with Gasteiger partial charge >= 0.3 is 0 Å². The minimum Gasteiger partial charge on any atom is -0.351 e. The zero-order valence-corrected chi connectivity index (χ0v) is 11.4. The third kappa shape index (κ3) is 4.09. The molecule has 0 unspecified atom stereocenters. The Morgan fingerprint density at radius 2 is 2.18 bits per heavy atom. The SMILES string of the molecule is CC(C)[C@H](N)C(=O)NCc1cc(Br)ccc1F. The van der Waals surface area contributed by atoms with E-state index in [1.54, 1.807) is 12.1 Å². The van der Waals surface area contributed by atoms with E-state index >= 15 is 0 Å². The first kappa shape index (κ1) is 14.1. The molecule has 0 aliphatic carbocycles. The van der Waals surface area contributed by atoms with Gasteiger partial charge < -0.3 is 11.1 Å². The fourth-order valence-corrected chi connectivity index (χ4v) is 1.69. The molecule has 1 amide bonds. The van der Waals surface area contributed by atoms with Crippen molar-refractivity contribution in [2.45, 2.75) is 26.4 Å². The summed E-state index contributed by atoms with van der Waals surface area (Å²) in [5, 5.41) is 2.62. The number of hydrogen-bond donors (Lipinski definition) is 2. The monoisotopic (exact) mass is 302 g/mol. The normalized spacial score (nSPS) is 12.6. The van der Waals surface area contributed by atoms with Gasteiger partial charge in [-0.2, -0.15) is 0 Å². The predicted octanol–water partition coefficient (Wildman–Crippen LogP) is 2.19. The summed E-state index contributed by atoms with van der Waals surface area (Å²) in [7, 11) is 0. The molecule has 3 N–H and O–H groups in total. The minimum absolute atomic E-state index is 0.0577. The van der Waals surface area contributed by atoms with Crippen LogP contribution in [0, 0.1) is 11.7 Å². The molecule has 0 heterocycles. The summed E-state index contributed by atoms with van der Waals surface area (Å²) < 4.78 is 14.2. The van der Waals surface area contributed by atoms with Gasteiger partial charge in [-0.1, -0.05) is 29.8 Å². The van der Waals surface area contributed by atoms with E-state index in [-0.39, 0.29) is 24.2 Å². The standard InChI is InChI=1S/C12H16BrFN2O/c1-7(2)11(15)12(17)16-6-8-5-9(13)3-4-10(8)14/h3-5,7,11H,6,15H2,1-2H3,(H,16,17)/t11-/m0/s1. The third-order valence-corrected chi connectivity index (χ3v) is 2.98. The molecular formula is C12H16BrFN2O. The Hall–Kier alpha value is -0.940. The van der Waals surface area contributed by atoms with Crippen molar-refractivity contribution >= 4 is 21.8 Å². The molecule has 3 nitrogen and oxygen atoms in total. The summed E-state index contributed by atoms with van der Waals surface area (Å²) in [4.78, 5) is 11.6. The van der Waals surface area contributed by atoms with Gasteiger partial charge in [0.15, 0.2) is 0 Å². The lowest BCUT2D eigenvalue weighted by Gasteiger charge is -2.15. The highest BCUT2D eigenvalue weighted by atomic mass is 79.9. The van der Waals surface area contributed by atoms with E-state index in [0.717, 1.165) is 4.47 Å². The molecule has 0 aliphatic rings. The maximum Gasteiger partial charge on any atom is 0.237 e. The number of carbonyl (C=O) groups excluding carboxylic acids is 1. The van der Waals surface area contributed by atoms with E-state index < -0.39 is 6.04 Å². The quantitative estimate of drug-likeness (QED) is 0.896. The first-order valence-corrected chi connectivity index (χ1v) is 6.18. The molecule has 0 fully saturated rings. The van der Waals surface area contributed by atoms with Gasteiger partial charge in [0.05, 0.1) is 6.04 Å². The lowest BCUT2D eigenvalue weighted by molar-refractivity contribution is -0.123. The molecule has 1 rings (SSSR count). The van der Waals surface area contributed by atoms with Crippen molar-refractivity contribution in [2.24, 2.45) is 11.7 Å². The Morgan fingerprint density at radius 3 is 2.76 bits per heavy atom. The number of carbonyl (C=O) groups is 1. The molecule has 0 spiro atoms. The van der Waals surface area contributed by atoms with E-state index in [1.165, 1.54) is 6.07 Å². The van der Waals surface area contributed by atoms with Crippen LogP contribution < -0.4 is 11.1 Å². The van der Waals surface area contributed by atoms with Crippen molar-refractivity contribution < 1.29 is 9.18 Å². The van der Waals surface area contributed by atoms with E-state index in [0.29, 0.717) is 5.56 Å². The molecule has 1 aromatic carbocycles. The zero-order chi connectivity index (χ0) is 13.0. The molecule has 1 aromatic rings. The molecule has 1 atom stereocenters. The first-order valence-electron chi connectivity index (χ1n) is 5.39. The zero-order valence-electron chi connectivity index (χ0n) is 9.84. The smallest absolute Gasteiger partial charge is 0.237 e. The average molecular weight is 303 g/mol. The molecule has 5 heteroatoms. The number of rotatable bonds is 4. The molecule has 0 bridgehead atoms. The lowest BCUT2D eigenvalue weighted by atomic mass is 10.0. The number of amides is 1. The number of halogens is 2. The lowest BCUT2D eigenvalue weighted by Crippen LogP contribution is -2.43. The summed E-state index contributed by atoms with van der Waals surface area (Å²) in [6, 6.07) is 4.04. The van der Waals surface area contributed by atoms with E-state index in [4.69, 9.17) is 5.73 Å². The summed E-state index contributed by atoms with van der Waals surface area (Å²) in [6.07, 6.45) is 0. The van der Waals surface area contributed by atoms with Gasteiger partial charge in [0.25, 0.3) is 0 Å². The van der Waals surface area contributed by atoms with Crippen molar-refractivity contribution in [1.82, 2.24) is 5.32 Å². The molecule has 94 valence electrons.